The van der Waals surface area contributed by atoms with Crippen molar-refractivity contribution in [3.05, 3.63) is 0 Å². The van der Waals surface area contributed by atoms with Crippen molar-refractivity contribution >= 4 is 17.8 Å². The summed E-state index contributed by atoms with van der Waals surface area (Å²) in [4.78, 5) is 36.7. The smallest absolute Gasteiger partial charge is 0.325 e. The maximum absolute atomic E-state index is 12.2. The van der Waals surface area contributed by atoms with Gasteiger partial charge in [-0.25, -0.2) is 0 Å². The summed E-state index contributed by atoms with van der Waals surface area (Å²) in [5.41, 5.74) is 0. The van der Waals surface area contributed by atoms with Crippen molar-refractivity contribution in [3.8, 4) is 0 Å². The highest BCUT2D eigenvalue weighted by atomic mass is 16.5. The molecule has 0 spiro atoms. The molecule has 1 saturated heterocycles. The van der Waals surface area contributed by atoms with Crippen LogP contribution < -0.4 is 5.32 Å². The van der Waals surface area contributed by atoms with Crippen molar-refractivity contribution in [3.63, 3.8) is 0 Å². The summed E-state index contributed by atoms with van der Waals surface area (Å²) in [5.74, 6) is -0.470. The number of nitrogens with zero attached hydrogens (tertiary/aromatic N) is 1. The minimum atomic E-state index is -0.499. The van der Waals surface area contributed by atoms with Gasteiger partial charge in [-0.2, -0.15) is 0 Å². The summed E-state index contributed by atoms with van der Waals surface area (Å²) in [5, 5.41) is 2.56. The summed E-state index contributed by atoms with van der Waals surface area (Å²) in [7, 11) is 0. The summed E-state index contributed by atoms with van der Waals surface area (Å²) in [6.45, 7) is 7.76. The molecule has 1 aliphatic heterocycles. The average molecular weight is 284 g/mol. The molecule has 6 nitrogen and oxygen atoms in total. The predicted octanol–water partition coefficient (Wildman–Crippen LogP) is 0.701. The van der Waals surface area contributed by atoms with Gasteiger partial charge < -0.3 is 15.0 Å². The molecule has 0 radical (unpaired) electrons. The lowest BCUT2D eigenvalue weighted by molar-refractivity contribution is -0.155. The highest BCUT2D eigenvalue weighted by Crippen LogP contribution is 2.25. The Balaban J connectivity index is 2.61. The summed E-state index contributed by atoms with van der Waals surface area (Å²) in [6, 6.07) is -0.416. The largest absolute Gasteiger partial charge is 0.465 e. The molecular weight excluding hydrogens is 260 g/mol. The van der Waals surface area contributed by atoms with Crippen molar-refractivity contribution in [2.24, 2.45) is 5.92 Å². The van der Waals surface area contributed by atoms with Gasteiger partial charge in [0.1, 0.15) is 12.6 Å². The number of β-lactam (4-membered cyclic amide) rings is 1. The quantitative estimate of drug-likeness (QED) is 0.551. The number of rotatable bonds is 7. The maximum atomic E-state index is 12.2. The molecule has 20 heavy (non-hydrogen) atoms. The Kier molecular flexibility index (Phi) is 5.98. The van der Waals surface area contributed by atoms with Crippen molar-refractivity contribution < 1.29 is 19.1 Å². The van der Waals surface area contributed by atoms with Gasteiger partial charge in [-0.15, -0.1) is 0 Å². The van der Waals surface area contributed by atoms with E-state index < -0.39 is 12.0 Å². The standard InChI is InChI=1S/C14H24N2O4/c1-5-20-13(18)8-15-14(19)11(6-9(2)3)16-10(4)7-12(16)17/h9-11H,5-8H2,1-4H3,(H,15,19). The number of hydrogen-bond acceptors (Lipinski definition) is 4. The van der Waals surface area contributed by atoms with Crippen LogP contribution in [-0.4, -0.2) is 47.9 Å². The first kappa shape index (κ1) is 16.5. The molecule has 2 amide bonds. The van der Waals surface area contributed by atoms with Crippen LogP contribution in [0.15, 0.2) is 0 Å². The number of hydrogen-bond donors (Lipinski definition) is 1. The zero-order valence-corrected chi connectivity index (χ0v) is 12.6. The fourth-order valence-corrected chi connectivity index (χ4v) is 2.35. The van der Waals surface area contributed by atoms with E-state index in [1.165, 1.54) is 0 Å². The third kappa shape index (κ3) is 4.21. The van der Waals surface area contributed by atoms with Gasteiger partial charge in [0.05, 0.1) is 6.61 Å². The molecule has 0 aromatic heterocycles. The Labute approximate surface area is 119 Å². The lowest BCUT2D eigenvalue weighted by Gasteiger charge is -2.43. The number of ether oxygens (including phenoxy) is 1. The zero-order chi connectivity index (χ0) is 15.3. The number of likely N-dealkylation sites (tertiary alicyclic amines) is 1. The Morgan fingerprint density at radius 1 is 1.45 bits per heavy atom. The van der Waals surface area contributed by atoms with E-state index in [4.69, 9.17) is 4.74 Å². The van der Waals surface area contributed by atoms with Gasteiger partial charge >= 0.3 is 5.97 Å². The fourth-order valence-electron chi connectivity index (χ4n) is 2.35. The van der Waals surface area contributed by atoms with Gasteiger partial charge in [-0.1, -0.05) is 13.8 Å². The summed E-state index contributed by atoms with van der Waals surface area (Å²) < 4.78 is 4.76. The Hall–Kier alpha value is -1.59. The number of nitrogens with one attached hydrogen (secondary N) is 1. The minimum Gasteiger partial charge on any atom is -0.465 e. The second-order valence-electron chi connectivity index (χ2n) is 5.52. The highest BCUT2D eigenvalue weighted by molar-refractivity contribution is 5.92. The zero-order valence-electron chi connectivity index (χ0n) is 12.6. The molecule has 0 aromatic carbocycles. The molecule has 0 saturated carbocycles. The van der Waals surface area contributed by atoms with Crippen molar-refractivity contribution in [2.45, 2.75) is 52.6 Å². The first-order valence-corrected chi connectivity index (χ1v) is 7.11. The van der Waals surface area contributed by atoms with E-state index in [9.17, 15) is 14.4 Å². The van der Waals surface area contributed by atoms with E-state index in [1.54, 1.807) is 11.8 Å². The first-order valence-electron chi connectivity index (χ1n) is 7.11. The highest BCUT2D eigenvalue weighted by Gasteiger charge is 2.41. The van der Waals surface area contributed by atoms with Crippen molar-refractivity contribution in [1.82, 2.24) is 10.2 Å². The van der Waals surface area contributed by atoms with Gasteiger partial charge in [0.15, 0.2) is 0 Å². The normalized spacial score (nSPS) is 19.6. The van der Waals surface area contributed by atoms with Crippen LogP contribution in [0.5, 0.6) is 0 Å². The van der Waals surface area contributed by atoms with Gasteiger partial charge in [0.25, 0.3) is 0 Å². The van der Waals surface area contributed by atoms with Crippen molar-refractivity contribution in [2.75, 3.05) is 13.2 Å². The van der Waals surface area contributed by atoms with Gasteiger partial charge in [0, 0.05) is 12.5 Å². The minimum absolute atomic E-state index is 0.00515. The maximum Gasteiger partial charge on any atom is 0.325 e. The molecular formula is C14H24N2O4. The topological polar surface area (TPSA) is 75.7 Å². The monoisotopic (exact) mass is 284 g/mol. The molecule has 1 heterocycles. The van der Waals surface area contributed by atoms with Crippen LogP contribution in [0.3, 0.4) is 0 Å². The van der Waals surface area contributed by atoms with E-state index in [-0.39, 0.29) is 36.9 Å². The van der Waals surface area contributed by atoms with Crippen LogP contribution in [0, 0.1) is 5.92 Å². The number of amides is 2. The molecule has 1 rings (SSSR count). The average Bonchev–Trinajstić information content (AvgIpc) is 2.34. The van der Waals surface area contributed by atoms with E-state index in [0.29, 0.717) is 12.8 Å². The fraction of sp³-hybridized carbons (Fsp3) is 0.786. The number of esters is 1. The molecule has 2 unspecified atom stereocenters. The lowest BCUT2D eigenvalue weighted by Crippen LogP contribution is -2.61. The Bertz CT molecular complexity index is 381. The molecule has 0 aromatic rings. The van der Waals surface area contributed by atoms with Crippen LogP contribution >= 0.6 is 0 Å². The van der Waals surface area contributed by atoms with Gasteiger partial charge in [-0.05, 0) is 26.2 Å². The molecule has 0 aliphatic carbocycles. The van der Waals surface area contributed by atoms with E-state index in [2.05, 4.69) is 5.32 Å². The number of carbonyl (C=O) groups is 3. The summed E-state index contributed by atoms with van der Waals surface area (Å²) in [6.07, 6.45) is 1.07. The predicted molar refractivity (Wildman–Crippen MR) is 73.8 cm³/mol. The Morgan fingerprint density at radius 3 is 2.55 bits per heavy atom. The van der Waals surface area contributed by atoms with E-state index in [0.717, 1.165) is 0 Å². The lowest BCUT2D eigenvalue weighted by atomic mass is 9.94. The first-order chi connectivity index (χ1) is 9.36. The molecule has 2 atom stereocenters. The Morgan fingerprint density at radius 2 is 2.10 bits per heavy atom. The van der Waals surface area contributed by atoms with Crippen LogP contribution in [0.2, 0.25) is 0 Å². The third-order valence-electron chi connectivity index (χ3n) is 3.28. The summed E-state index contributed by atoms with van der Waals surface area (Å²) >= 11 is 0. The molecule has 1 fully saturated rings. The second-order valence-corrected chi connectivity index (χ2v) is 5.52. The van der Waals surface area contributed by atoms with E-state index in [1.807, 2.05) is 20.8 Å². The van der Waals surface area contributed by atoms with E-state index >= 15 is 0 Å². The van der Waals surface area contributed by atoms with Gasteiger partial charge in [0.2, 0.25) is 11.8 Å². The third-order valence-corrected chi connectivity index (χ3v) is 3.28. The van der Waals surface area contributed by atoms with Crippen LogP contribution in [0.25, 0.3) is 0 Å². The number of carbonyl (C=O) groups excluding carboxylic acids is 3. The van der Waals surface area contributed by atoms with Crippen LogP contribution in [-0.2, 0) is 19.1 Å². The molecule has 1 aliphatic rings. The van der Waals surface area contributed by atoms with Gasteiger partial charge in [-0.3, -0.25) is 14.4 Å². The van der Waals surface area contributed by atoms with Crippen molar-refractivity contribution in [1.29, 1.82) is 0 Å². The van der Waals surface area contributed by atoms with Crippen LogP contribution in [0.1, 0.15) is 40.5 Å². The molecule has 6 heteroatoms. The van der Waals surface area contributed by atoms with Crippen LogP contribution in [0.4, 0.5) is 0 Å². The second kappa shape index (κ2) is 7.26. The molecule has 114 valence electrons. The molecule has 1 N–H and O–H groups in total. The molecule has 0 bridgehead atoms. The SMILES string of the molecule is CCOC(=O)CNC(=O)C(CC(C)C)N1C(=O)CC1C.